The van der Waals surface area contributed by atoms with Gasteiger partial charge in [-0.2, -0.15) is 0 Å². The third-order valence-electron chi connectivity index (χ3n) is 2.65. The van der Waals surface area contributed by atoms with Gasteiger partial charge in [-0.15, -0.1) is 0 Å². The number of hydrogen-bond acceptors (Lipinski definition) is 4. The normalized spacial score (nSPS) is 9.80. The molecule has 0 saturated carbocycles. The number of unbranched alkanes of at least 4 members (excludes halogenated alkanes) is 3. The molecule has 0 spiro atoms. The molecule has 0 N–H and O–H groups in total. The first-order valence-corrected chi connectivity index (χ1v) is 6.65. The average molecular weight is 275 g/mol. The maximum absolute atomic E-state index is 10.8. The summed E-state index contributed by atoms with van der Waals surface area (Å²) < 4.78 is 10.4. The first kappa shape index (κ1) is 16.0. The number of benzene rings is 1. The van der Waals surface area contributed by atoms with Crippen molar-refractivity contribution in [3.8, 4) is 5.75 Å². The number of carbonyl (C=O) groups is 2. The van der Waals surface area contributed by atoms with Crippen molar-refractivity contribution in [2.75, 3.05) is 13.2 Å². The summed E-state index contributed by atoms with van der Waals surface area (Å²) in [6.45, 7) is 4.38. The fourth-order valence-electron chi connectivity index (χ4n) is 1.56. The van der Waals surface area contributed by atoms with Gasteiger partial charge in [-0.05, 0) is 43.9 Å². The minimum atomic E-state index is -0.373. The summed E-state index contributed by atoms with van der Waals surface area (Å²) >= 11 is 0. The minimum Gasteiger partial charge on any atom is -0.493 e. The van der Waals surface area contributed by atoms with Crippen LogP contribution < -0.4 is 4.74 Å². The van der Waals surface area contributed by atoms with Crippen molar-refractivity contribution in [1.29, 1.82) is 0 Å². The smallest absolute Gasteiger partial charge is 0.330 e. The molecule has 0 aliphatic carbocycles. The average Bonchev–Trinajstić information content (AvgIpc) is 2.50. The van der Waals surface area contributed by atoms with Crippen LogP contribution in [0.15, 0.2) is 30.9 Å². The maximum atomic E-state index is 10.8. The second-order valence-corrected chi connectivity index (χ2v) is 4.24. The number of aldehydes is 1. The van der Waals surface area contributed by atoms with Gasteiger partial charge < -0.3 is 9.47 Å². The van der Waals surface area contributed by atoms with Gasteiger partial charge in [-0.1, -0.05) is 6.58 Å². The lowest BCUT2D eigenvalue weighted by Gasteiger charge is -2.06. The zero-order valence-corrected chi connectivity index (χ0v) is 11.5. The van der Waals surface area contributed by atoms with E-state index in [1.54, 1.807) is 18.2 Å². The van der Waals surface area contributed by atoms with Gasteiger partial charge in [-0.3, -0.25) is 4.79 Å². The molecule has 0 aromatic heterocycles. The Balaban J connectivity index is 2.00. The highest BCUT2D eigenvalue weighted by atomic mass is 16.5. The Labute approximate surface area is 119 Å². The van der Waals surface area contributed by atoms with Crippen LogP contribution in [0.2, 0.25) is 0 Å². The van der Waals surface area contributed by atoms with Gasteiger partial charge >= 0.3 is 5.97 Å². The molecule has 1 radical (unpaired) electrons. The summed E-state index contributed by atoms with van der Waals surface area (Å²) in [6.07, 6.45) is 5.72. The van der Waals surface area contributed by atoms with Crippen LogP contribution in [0.1, 0.15) is 36.0 Å². The topological polar surface area (TPSA) is 52.6 Å². The van der Waals surface area contributed by atoms with E-state index in [0.717, 1.165) is 32.0 Å². The van der Waals surface area contributed by atoms with E-state index in [-0.39, 0.29) is 5.97 Å². The maximum Gasteiger partial charge on any atom is 0.330 e. The van der Waals surface area contributed by atoms with E-state index in [9.17, 15) is 9.59 Å². The van der Waals surface area contributed by atoms with Gasteiger partial charge in [0, 0.05) is 17.7 Å². The lowest BCUT2D eigenvalue weighted by atomic mass is 10.2. The molecule has 4 nitrogen and oxygen atoms in total. The predicted molar refractivity (Wildman–Crippen MR) is 75.8 cm³/mol. The van der Waals surface area contributed by atoms with E-state index in [0.29, 0.717) is 24.5 Å². The Bertz CT molecular complexity index is 423. The van der Waals surface area contributed by atoms with E-state index in [1.807, 2.05) is 0 Å². The molecule has 0 unspecified atom stereocenters. The SMILES string of the molecule is C=CC(=O)OCCCCCCOc1[c]cc(C=O)cc1. The summed E-state index contributed by atoms with van der Waals surface area (Å²) in [5, 5.41) is 0. The van der Waals surface area contributed by atoms with E-state index < -0.39 is 0 Å². The van der Waals surface area contributed by atoms with Crippen molar-refractivity contribution in [3.63, 3.8) is 0 Å². The molecule has 0 bridgehead atoms. The third-order valence-corrected chi connectivity index (χ3v) is 2.65. The summed E-state index contributed by atoms with van der Waals surface area (Å²) in [5.74, 6) is 0.276. The molecule has 4 heteroatoms. The first-order chi connectivity index (χ1) is 9.76. The second-order valence-electron chi connectivity index (χ2n) is 4.24. The van der Waals surface area contributed by atoms with E-state index in [2.05, 4.69) is 12.6 Å². The molecule has 1 aromatic carbocycles. The first-order valence-electron chi connectivity index (χ1n) is 6.65. The zero-order valence-electron chi connectivity index (χ0n) is 11.5. The number of rotatable bonds is 10. The van der Waals surface area contributed by atoms with Crippen molar-refractivity contribution in [3.05, 3.63) is 42.5 Å². The van der Waals surface area contributed by atoms with Crippen molar-refractivity contribution in [2.24, 2.45) is 0 Å². The molecule has 0 fully saturated rings. The lowest BCUT2D eigenvalue weighted by Crippen LogP contribution is -2.02. The lowest BCUT2D eigenvalue weighted by molar-refractivity contribution is -0.137. The molecule has 0 heterocycles. The molecule has 0 amide bonds. The Hall–Kier alpha value is -2.10. The van der Waals surface area contributed by atoms with Crippen LogP contribution in [0.3, 0.4) is 0 Å². The molecule has 0 aliphatic heterocycles. The molecule has 0 saturated heterocycles. The summed E-state index contributed by atoms with van der Waals surface area (Å²) in [6, 6.07) is 7.94. The third kappa shape index (κ3) is 6.73. The zero-order chi connectivity index (χ0) is 14.6. The van der Waals surface area contributed by atoms with Crippen LogP contribution in [0.4, 0.5) is 0 Å². The summed E-state index contributed by atoms with van der Waals surface area (Å²) in [4.78, 5) is 21.2. The highest BCUT2D eigenvalue weighted by Gasteiger charge is 1.97. The molecular weight excluding hydrogens is 256 g/mol. The highest BCUT2D eigenvalue weighted by molar-refractivity contribution is 5.81. The van der Waals surface area contributed by atoms with Gasteiger partial charge in [0.15, 0.2) is 0 Å². The van der Waals surface area contributed by atoms with Gasteiger partial charge in [0.25, 0.3) is 0 Å². The Morgan fingerprint density at radius 3 is 2.55 bits per heavy atom. The Morgan fingerprint density at radius 2 is 1.95 bits per heavy atom. The van der Waals surface area contributed by atoms with Crippen LogP contribution in [-0.2, 0) is 9.53 Å². The van der Waals surface area contributed by atoms with Crippen LogP contribution in [0.25, 0.3) is 0 Å². The Kier molecular flexibility index (Phi) is 7.80. The molecule has 107 valence electrons. The number of esters is 1. The number of hydrogen-bond donors (Lipinski definition) is 0. The quantitative estimate of drug-likeness (QED) is 0.285. The van der Waals surface area contributed by atoms with E-state index in [4.69, 9.17) is 9.47 Å². The Morgan fingerprint density at radius 1 is 1.20 bits per heavy atom. The molecule has 1 rings (SSSR count). The van der Waals surface area contributed by atoms with Crippen molar-refractivity contribution >= 4 is 12.3 Å². The standard InChI is InChI=1S/C16H19O4/c1-2-16(18)20-12-6-4-3-5-11-19-15-9-7-14(13-17)8-10-15/h2,7-9,13H,1,3-6,11-12H2. The van der Waals surface area contributed by atoms with Crippen LogP contribution in [-0.4, -0.2) is 25.5 Å². The van der Waals surface area contributed by atoms with Crippen molar-refractivity contribution < 1.29 is 19.1 Å². The second kappa shape index (κ2) is 9.78. The van der Waals surface area contributed by atoms with E-state index >= 15 is 0 Å². The minimum absolute atomic E-state index is 0.373. The van der Waals surface area contributed by atoms with Gasteiger partial charge in [0.2, 0.25) is 0 Å². The van der Waals surface area contributed by atoms with Crippen LogP contribution in [0, 0.1) is 6.07 Å². The molecular formula is C16H19O4. The number of carbonyl (C=O) groups excluding carboxylic acids is 2. The largest absolute Gasteiger partial charge is 0.493 e. The molecule has 0 atom stereocenters. The van der Waals surface area contributed by atoms with Gasteiger partial charge in [0.1, 0.15) is 12.0 Å². The molecule has 1 aromatic rings. The summed E-state index contributed by atoms with van der Waals surface area (Å²) in [5.41, 5.74) is 0.589. The molecule has 0 aliphatic rings. The van der Waals surface area contributed by atoms with Crippen LogP contribution >= 0.6 is 0 Å². The van der Waals surface area contributed by atoms with Crippen LogP contribution in [0.5, 0.6) is 5.75 Å². The summed E-state index contributed by atoms with van der Waals surface area (Å²) in [7, 11) is 0. The monoisotopic (exact) mass is 275 g/mol. The highest BCUT2D eigenvalue weighted by Crippen LogP contribution is 2.11. The molecule has 20 heavy (non-hydrogen) atoms. The predicted octanol–water partition coefficient (Wildman–Crippen LogP) is 2.97. The number of ether oxygens (including phenoxy) is 2. The van der Waals surface area contributed by atoms with Crippen molar-refractivity contribution in [1.82, 2.24) is 0 Å². The fraction of sp³-hybridized carbons (Fsp3) is 0.375. The fourth-order valence-corrected chi connectivity index (χ4v) is 1.56. The van der Waals surface area contributed by atoms with E-state index in [1.165, 1.54) is 6.08 Å². The van der Waals surface area contributed by atoms with Gasteiger partial charge in [0.05, 0.1) is 13.2 Å². The van der Waals surface area contributed by atoms with Crippen molar-refractivity contribution in [2.45, 2.75) is 25.7 Å². The van der Waals surface area contributed by atoms with Gasteiger partial charge in [-0.25, -0.2) is 4.79 Å².